The van der Waals surface area contributed by atoms with E-state index in [9.17, 15) is 18.0 Å². The highest BCUT2D eigenvalue weighted by Gasteiger charge is 2.33. The highest BCUT2D eigenvalue weighted by atomic mass is 19.4. The predicted molar refractivity (Wildman–Crippen MR) is 94.8 cm³/mol. The number of hydrogen-bond acceptors (Lipinski definition) is 3. The third kappa shape index (κ3) is 4.32. The van der Waals surface area contributed by atoms with Crippen molar-refractivity contribution in [3.63, 3.8) is 0 Å². The third-order valence-electron chi connectivity index (χ3n) is 4.90. The number of halogens is 3. The second kappa shape index (κ2) is 7.72. The van der Waals surface area contributed by atoms with E-state index in [1.54, 1.807) is 24.1 Å². The van der Waals surface area contributed by atoms with Crippen molar-refractivity contribution >= 4 is 5.91 Å². The molecule has 1 amide bonds. The van der Waals surface area contributed by atoms with Crippen molar-refractivity contribution in [3.05, 3.63) is 53.6 Å². The van der Waals surface area contributed by atoms with Gasteiger partial charge in [-0.1, -0.05) is 25.1 Å². The molecule has 1 fully saturated rings. The molecule has 1 aromatic carbocycles. The van der Waals surface area contributed by atoms with Gasteiger partial charge >= 0.3 is 6.18 Å². The number of amides is 1. The first-order valence-electron chi connectivity index (χ1n) is 8.92. The summed E-state index contributed by atoms with van der Waals surface area (Å²) in [5, 5.41) is 3.28. The lowest BCUT2D eigenvalue weighted by molar-refractivity contribution is -0.138. The molecule has 5 nitrogen and oxygen atoms in total. The van der Waals surface area contributed by atoms with Gasteiger partial charge in [-0.15, -0.1) is 0 Å². The molecular formula is C19H23F3N4O. The van der Waals surface area contributed by atoms with Crippen molar-refractivity contribution in [1.82, 2.24) is 19.8 Å². The molecule has 1 aliphatic heterocycles. The number of benzene rings is 1. The molecule has 0 aliphatic carbocycles. The normalized spacial score (nSPS) is 19.1. The van der Waals surface area contributed by atoms with Crippen LogP contribution in [0.2, 0.25) is 0 Å². The van der Waals surface area contributed by atoms with Crippen LogP contribution in [0.4, 0.5) is 13.2 Å². The molecule has 0 spiro atoms. The number of rotatable bonds is 4. The highest BCUT2D eigenvalue weighted by molar-refractivity contribution is 5.79. The second-order valence-corrected chi connectivity index (χ2v) is 6.95. The molecule has 1 aromatic heterocycles. The summed E-state index contributed by atoms with van der Waals surface area (Å²) in [5.41, 5.74) is -0.179. The number of hydrogen-bond donors (Lipinski definition) is 1. The Labute approximate surface area is 156 Å². The molecule has 27 heavy (non-hydrogen) atoms. The number of aromatic nitrogens is 2. The maximum atomic E-state index is 13.0. The number of aryl methyl sites for hydroxylation is 1. The van der Waals surface area contributed by atoms with Crippen molar-refractivity contribution < 1.29 is 18.0 Å². The lowest BCUT2D eigenvalue weighted by atomic mass is 9.97. The minimum Gasteiger partial charge on any atom is -0.336 e. The summed E-state index contributed by atoms with van der Waals surface area (Å²) in [7, 11) is 1.88. The van der Waals surface area contributed by atoms with Crippen molar-refractivity contribution in [2.75, 3.05) is 19.6 Å². The minimum absolute atomic E-state index is 0.0677. The quantitative estimate of drug-likeness (QED) is 0.888. The number of nitrogens with zero attached hydrogens (tertiary/aromatic N) is 3. The summed E-state index contributed by atoms with van der Waals surface area (Å²) in [6, 6.07) is 5.00. The molecule has 2 atom stereocenters. The summed E-state index contributed by atoms with van der Waals surface area (Å²) in [6.07, 6.45) is -0.595. The Balaban J connectivity index is 1.75. The van der Waals surface area contributed by atoms with Crippen molar-refractivity contribution in [3.8, 4) is 0 Å². The summed E-state index contributed by atoms with van der Waals surface area (Å²) in [5.74, 6) is 0.304. The zero-order chi connectivity index (χ0) is 19.6. The van der Waals surface area contributed by atoms with Gasteiger partial charge in [-0.3, -0.25) is 4.79 Å². The van der Waals surface area contributed by atoms with Gasteiger partial charge in [-0.25, -0.2) is 4.98 Å². The Morgan fingerprint density at radius 1 is 1.41 bits per heavy atom. The average Bonchev–Trinajstić information content (AvgIpc) is 3.06. The zero-order valence-corrected chi connectivity index (χ0v) is 15.3. The van der Waals surface area contributed by atoms with Crippen LogP contribution in [0.1, 0.15) is 29.9 Å². The fourth-order valence-corrected chi connectivity index (χ4v) is 3.50. The number of nitrogens with one attached hydrogen (secondary N) is 1. The lowest BCUT2D eigenvalue weighted by Crippen LogP contribution is -2.51. The number of carbonyl (C=O) groups is 1. The molecule has 1 aliphatic rings. The van der Waals surface area contributed by atoms with Gasteiger partial charge in [-0.05, 0) is 18.1 Å². The van der Waals surface area contributed by atoms with Crippen LogP contribution < -0.4 is 5.32 Å². The minimum atomic E-state index is -4.38. The molecule has 0 bridgehead atoms. The van der Waals surface area contributed by atoms with E-state index in [2.05, 4.69) is 10.3 Å². The van der Waals surface area contributed by atoms with Gasteiger partial charge in [0.15, 0.2) is 0 Å². The third-order valence-corrected chi connectivity index (χ3v) is 4.90. The molecular weight excluding hydrogens is 357 g/mol. The Bertz CT molecular complexity index is 802. The summed E-state index contributed by atoms with van der Waals surface area (Å²) >= 11 is 0. The molecule has 146 valence electrons. The van der Waals surface area contributed by atoms with Crippen LogP contribution in [0, 0.1) is 5.92 Å². The van der Waals surface area contributed by atoms with Crippen LogP contribution in [0.3, 0.4) is 0 Å². The van der Waals surface area contributed by atoms with Gasteiger partial charge in [0.1, 0.15) is 11.9 Å². The maximum Gasteiger partial charge on any atom is 0.416 e. The molecule has 8 heteroatoms. The SMILES string of the molecule is CC(Cc1cccc(C(F)(F)F)c1)C(=O)N1CCNCC1c1nccn1C. The first kappa shape index (κ1) is 19.4. The topological polar surface area (TPSA) is 50.2 Å². The fraction of sp³-hybridized carbons (Fsp3) is 0.474. The van der Waals surface area contributed by atoms with Crippen LogP contribution in [0.15, 0.2) is 36.7 Å². The van der Waals surface area contributed by atoms with E-state index in [1.165, 1.54) is 6.07 Å². The molecule has 2 unspecified atom stereocenters. The Hall–Kier alpha value is -2.35. The molecule has 1 N–H and O–H groups in total. The van der Waals surface area contributed by atoms with E-state index >= 15 is 0 Å². The van der Waals surface area contributed by atoms with Crippen LogP contribution in [-0.4, -0.2) is 40.0 Å². The van der Waals surface area contributed by atoms with E-state index in [0.717, 1.165) is 18.0 Å². The highest BCUT2D eigenvalue weighted by Crippen LogP contribution is 2.30. The van der Waals surface area contributed by atoms with E-state index in [-0.39, 0.29) is 18.4 Å². The van der Waals surface area contributed by atoms with Gasteiger partial charge in [0.25, 0.3) is 0 Å². The van der Waals surface area contributed by atoms with Crippen molar-refractivity contribution in [2.45, 2.75) is 25.6 Å². The molecule has 0 saturated carbocycles. The average molecular weight is 380 g/mol. The van der Waals surface area contributed by atoms with Gasteiger partial charge < -0.3 is 14.8 Å². The van der Waals surface area contributed by atoms with E-state index in [1.807, 2.05) is 17.8 Å². The summed E-state index contributed by atoms with van der Waals surface area (Å²) in [4.78, 5) is 19.2. The Morgan fingerprint density at radius 2 is 2.19 bits per heavy atom. The molecule has 3 rings (SSSR count). The lowest BCUT2D eigenvalue weighted by Gasteiger charge is -2.37. The van der Waals surface area contributed by atoms with Crippen LogP contribution in [-0.2, 0) is 24.4 Å². The van der Waals surface area contributed by atoms with Crippen LogP contribution >= 0.6 is 0 Å². The first-order chi connectivity index (χ1) is 12.8. The van der Waals surface area contributed by atoms with Gasteiger partial charge in [0.2, 0.25) is 5.91 Å². The van der Waals surface area contributed by atoms with E-state index in [0.29, 0.717) is 25.2 Å². The zero-order valence-electron chi connectivity index (χ0n) is 15.3. The number of piperazine rings is 1. The first-order valence-corrected chi connectivity index (χ1v) is 8.92. The maximum absolute atomic E-state index is 13.0. The number of carbonyl (C=O) groups excluding carboxylic acids is 1. The van der Waals surface area contributed by atoms with Gasteiger partial charge in [0.05, 0.1) is 5.56 Å². The van der Waals surface area contributed by atoms with Crippen molar-refractivity contribution in [1.29, 1.82) is 0 Å². The predicted octanol–water partition coefficient (Wildman–Crippen LogP) is 2.79. The summed E-state index contributed by atoms with van der Waals surface area (Å²) < 4.78 is 40.6. The summed E-state index contributed by atoms with van der Waals surface area (Å²) in [6.45, 7) is 3.60. The smallest absolute Gasteiger partial charge is 0.336 e. The van der Waals surface area contributed by atoms with E-state index < -0.39 is 17.7 Å². The second-order valence-electron chi connectivity index (χ2n) is 6.95. The van der Waals surface area contributed by atoms with Gasteiger partial charge in [0, 0.05) is 45.0 Å². The molecule has 0 radical (unpaired) electrons. The molecule has 2 aromatic rings. The Kier molecular flexibility index (Phi) is 5.55. The standard InChI is InChI=1S/C19H23F3N4O/c1-13(10-14-4-3-5-15(11-14)19(20,21)22)18(27)26-9-6-23-12-16(26)17-24-7-8-25(17)2/h3-5,7-8,11,13,16,23H,6,9-10,12H2,1-2H3. The Morgan fingerprint density at radius 3 is 2.85 bits per heavy atom. The van der Waals surface area contributed by atoms with Crippen LogP contribution in [0.25, 0.3) is 0 Å². The molecule has 2 heterocycles. The van der Waals surface area contributed by atoms with Crippen molar-refractivity contribution in [2.24, 2.45) is 13.0 Å². The monoisotopic (exact) mass is 380 g/mol. The number of imidazole rings is 1. The fourth-order valence-electron chi connectivity index (χ4n) is 3.50. The number of alkyl halides is 3. The molecule has 1 saturated heterocycles. The van der Waals surface area contributed by atoms with Crippen LogP contribution in [0.5, 0.6) is 0 Å². The van der Waals surface area contributed by atoms with E-state index in [4.69, 9.17) is 0 Å². The van der Waals surface area contributed by atoms with Gasteiger partial charge in [-0.2, -0.15) is 13.2 Å². The largest absolute Gasteiger partial charge is 0.416 e.